The van der Waals surface area contributed by atoms with Crippen molar-refractivity contribution < 1.29 is 19.4 Å². The van der Waals surface area contributed by atoms with E-state index in [0.717, 1.165) is 18.5 Å². The second-order valence-corrected chi connectivity index (χ2v) is 7.23. The number of carbonyl (C=O) groups excluding carboxylic acids is 1. The SMILES string of the molecule is COc1cc(NC(=O)N2C[C@@H]3CCC[C@@]3(C(=O)O)C2)cc(-n2cccn2)c1. The zero-order valence-electron chi connectivity index (χ0n) is 15.1. The second kappa shape index (κ2) is 6.61. The van der Waals surface area contributed by atoms with E-state index in [-0.39, 0.29) is 18.5 Å². The lowest BCUT2D eigenvalue weighted by atomic mass is 9.81. The second-order valence-electron chi connectivity index (χ2n) is 7.23. The van der Waals surface area contributed by atoms with Crippen LogP contribution in [0.2, 0.25) is 0 Å². The Morgan fingerprint density at radius 3 is 2.89 bits per heavy atom. The van der Waals surface area contributed by atoms with Crippen molar-refractivity contribution in [3.05, 3.63) is 36.7 Å². The number of ether oxygens (including phenoxy) is 1. The molecule has 1 aromatic heterocycles. The molecule has 0 spiro atoms. The summed E-state index contributed by atoms with van der Waals surface area (Å²) in [5.74, 6) is -0.160. The van der Waals surface area contributed by atoms with E-state index in [4.69, 9.17) is 4.74 Å². The van der Waals surface area contributed by atoms with Gasteiger partial charge in [-0.3, -0.25) is 4.79 Å². The van der Waals surface area contributed by atoms with Crippen LogP contribution in [0, 0.1) is 11.3 Å². The Kier molecular flexibility index (Phi) is 4.25. The van der Waals surface area contributed by atoms with Crippen LogP contribution >= 0.6 is 0 Å². The number of urea groups is 1. The molecule has 142 valence electrons. The van der Waals surface area contributed by atoms with Crippen molar-refractivity contribution in [1.82, 2.24) is 14.7 Å². The van der Waals surface area contributed by atoms with Crippen molar-refractivity contribution in [1.29, 1.82) is 0 Å². The number of carboxylic acid groups (broad SMARTS) is 1. The Balaban J connectivity index is 1.53. The monoisotopic (exact) mass is 370 g/mol. The molecule has 4 rings (SSSR count). The smallest absolute Gasteiger partial charge is 0.321 e. The largest absolute Gasteiger partial charge is 0.497 e. The number of benzene rings is 1. The number of hydrogen-bond donors (Lipinski definition) is 2. The molecule has 0 bridgehead atoms. The lowest BCUT2D eigenvalue weighted by Crippen LogP contribution is -2.38. The summed E-state index contributed by atoms with van der Waals surface area (Å²) in [4.78, 5) is 26.2. The molecule has 1 aromatic carbocycles. The summed E-state index contributed by atoms with van der Waals surface area (Å²) in [6, 6.07) is 6.88. The van der Waals surface area contributed by atoms with E-state index < -0.39 is 11.4 Å². The molecule has 2 atom stereocenters. The van der Waals surface area contributed by atoms with E-state index >= 15 is 0 Å². The molecule has 2 aliphatic rings. The van der Waals surface area contributed by atoms with E-state index in [9.17, 15) is 14.7 Å². The molecule has 0 unspecified atom stereocenters. The molecule has 27 heavy (non-hydrogen) atoms. The van der Waals surface area contributed by atoms with Crippen LogP contribution in [0.3, 0.4) is 0 Å². The standard InChI is InChI=1S/C19H22N4O4/c1-27-16-9-14(8-15(10-16)23-7-3-6-20-23)21-18(26)22-11-13-4-2-5-19(13,12-22)17(24)25/h3,6-10,13H,2,4-5,11-12H2,1H3,(H,21,26)(H,24,25)/t13-,19+/m0/s1. The van der Waals surface area contributed by atoms with E-state index in [2.05, 4.69) is 10.4 Å². The summed E-state index contributed by atoms with van der Waals surface area (Å²) in [6.45, 7) is 0.739. The highest BCUT2D eigenvalue weighted by atomic mass is 16.5. The highest BCUT2D eigenvalue weighted by Crippen LogP contribution is 2.49. The molecule has 2 heterocycles. The lowest BCUT2D eigenvalue weighted by Gasteiger charge is -2.23. The number of aliphatic carboxylic acids is 1. The van der Waals surface area contributed by atoms with Crippen molar-refractivity contribution in [2.75, 3.05) is 25.5 Å². The fourth-order valence-electron chi connectivity index (χ4n) is 4.32. The Bertz CT molecular complexity index is 867. The van der Waals surface area contributed by atoms with Crippen molar-refractivity contribution in [3.8, 4) is 11.4 Å². The predicted molar refractivity (Wildman–Crippen MR) is 98.1 cm³/mol. The van der Waals surface area contributed by atoms with Gasteiger partial charge < -0.3 is 20.1 Å². The minimum absolute atomic E-state index is 0.0331. The Hall–Kier alpha value is -3.03. The average Bonchev–Trinajstić information content (AvgIpc) is 3.36. The summed E-state index contributed by atoms with van der Waals surface area (Å²) in [5.41, 5.74) is 0.549. The van der Waals surface area contributed by atoms with Gasteiger partial charge in [0, 0.05) is 43.3 Å². The number of anilines is 1. The Morgan fingerprint density at radius 2 is 2.22 bits per heavy atom. The molecule has 2 fully saturated rings. The van der Waals surface area contributed by atoms with Crippen LogP contribution in [-0.4, -0.2) is 52.0 Å². The maximum absolute atomic E-state index is 12.8. The molecule has 8 heteroatoms. The molecule has 1 aliphatic heterocycles. The minimum Gasteiger partial charge on any atom is -0.497 e. The van der Waals surface area contributed by atoms with E-state index in [1.165, 1.54) is 0 Å². The van der Waals surface area contributed by atoms with Crippen molar-refractivity contribution in [2.24, 2.45) is 11.3 Å². The summed E-state index contributed by atoms with van der Waals surface area (Å²) < 4.78 is 7.00. The summed E-state index contributed by atoms with van der Waals surface area (Å²) >= 11 is 0. The highest BCUT2D eigenvalue weighted by Gasteiger charge is 2.55. The number of nitrogens with zero attached hydrogens (tertiary/aromatic N) is 3. The third-order valence-electron chi connectivity index (χ3n) is 5.73. The molecule has 1 aliphatic carbocycles. The maximum Gasteiger partial charge on any atom is 0.321 e. The molecule has 2 aromatic rings. The van der Waals surface area contributed by atoms with Gasteiger partial charge in [-0.05, 0) is 30.9 Å². The van der Waals surface area contributed by atoms with Gasteiger partial charge in [0.05, 0.1) is 18.2 Å². The number of nitrogens with one attached hydrogen (secondary N) is 1. The van der Waals surface area contributed by atoms with E-state index in [1.807, 2.05) is 12.1 Å². The Labute approximate surface area is 156 Å². The molecular weight excluding hydrogens is 348 g/mol. The van der Waals surface area contributed by atoms with Crippen molar-refractivity contribution in [2.45, 2.75) is 19.3 Å². The van der Waals surface area contributed by atoms with Gasteiger partial charge in [0.15, 0.2) is 0 Å². The summed E-state index contributed by atoms with van der Waals surface area (Å²) in [7, 11) is 1.56. The maximum atomic E-state index is 12.8. The zero-order chi connectivity index (χ0) is 19.0. The number of carboxylic acids is 1. The van der Waals surface area contributed by atoms with Gasteiger partial charge >= 0.3 is 12.0 Å². The Morgan fingerprint density at radius 1 is 1.37 bits per heavy atom. The van der Waals surface area contributed by atoms with Gasteiger partial charge in [0.2, 0.25) is 0 Å². The van der Waals surface area contributed by atoms with Crippen LogP contribution in [0.1, 0.15) is 19.3 Å². The number of fused-ring (bicyclic) bond motifs is 1. The number of likely N-dealkylation sites (tertiary alicyclic amines) is 1. The van der Waals surface area contributed by atoms with Crippen molar-refractivity contribution >= 4 is 17.7 Å². The van der Waals surface area contributed by atoms with Gasteiger partial charge in [-0.25, -0.2) is 9.48 Å². The number of hydrogen-bond acceptors (Lipinski definition) is 4. The first kappa shape index (κ1) is 17.4. The number of rotatable bonds is 4. The number of carbonyl (C=O) groups is 2. The molecule has 2 N–H and O–H groups in total. The number of amides is 2. The number of methoxy groups -OCH3 is 1. The molecule has 2 amide bonds. The van der Waals surface area contributed by atoms with Gasteiger partial charge in [0.25, 0.3) is 0 Å². The minimum atomic E-state index is -0.789. The third kappa shape index (κ3) is 3.01. The normalized spacial score (nSPS) is 23.9. The molecule has 0 radical (unpaired) electrons. The van der Waals surface area contributed by atoms with Gasteiger partial charge in [-0.1, -0.05) is 6.42 Å². The molecular formula is C19H22N4O4. The molecule has 8 nitrogen and oxygen atoms in total. The number of aromatic nitrogens is 2. The van der Waals surface area contributed by atoms with Gasteiger partial charge in [-0.15, -0.1) is 0 Å². The summed E-state index contributed by atoms with van der Waals surface area (Å²) in [5, 5.41) is 16.8. The molecule has 1 saturated heterocycles. The van der Waals surface area contributed by atoms with Crippen LogP contribution in [0.15, 0.2) is 36.7 Å². The fourth-order valence-corrected chi connectivity index (χ4v) is 4.32. The first-order valence-corrected chi connectivity index (χ1v) is 9.00. The van der Waals surface area contributed by atoms with Gasteiger partial charge in [-0.2, -0.15) is 5.10 Å². The van der Waals surface area contributed by atoms with E-state index in [1.54, 1.807) is 41.2 Å². The zero-order valence-corrected chi connectivity index (χ0v) is 15.1. The topological polar surface area (TPSA) is 96.7 Å². The average molecular weight is 370 g/mol. The quantitative estimate of drug-likeness (QED) is 0.862. The predicted octanol–water partition coefficient (Wildman–Crippen LogP) is 2.60. The first-order chi connectivity index (χ1) is 13.0. The lowest BCUT2D eigenvalue weighted by molar-refractivity contribution is -0.149. The van der Waals surface area contributed by atoms with Crippen LogP contribution in [0.5, 0.6) is 5.75 Å². The third-order valence-corrected chi connectivity index (χ3v) is 5.73. The first-order valence-electron chi connectivity index (χ1n) is 9.00. The van der Waals surface area contributed by atoms with Crippen molar-refractivity contribution in [3.63, 3.8) is 0 Å². The van der Waals surface area contributed by atoms with Crippen LogP contribution in [0.4, 0.5) is 10.5 Å². The van der Waals surface area contributed by atoms with Crippen LogP contribution < -0.4 is 10.1 Å². The van der Waals surface area contributed by atoms with E-state index in [0.29, 0.717) is 24.4 Å². The van der Waals surface area contributed by atoms with Crippen LogP contribution in [0.25, 0.3) is 5.69 Å². The molecule has 1 saturated carbocycles. The van der Waals surface area contributed by atoms with Crippen LogP contribution in [-0.2, 0) is 4.79 Å². The van der Waals surface area contributed by atoms with Gasteiger partial charge in [0.1, 0.15) is 5.75 Å². The fraction of sp³-hybridized carbons (Fsp3) is 0.421. The highest BCUT2D eigenvalue weighted by molar-refractivity contribution is 5.91. The summed E-state index contributed by atoms with van der Waals surface area (Å²) in [6.07, 6.45) is 5.89.